The summed E-state index contributed by atoms with van der Waals surface area (Å²) in [5, 5.41) is 0.922. The molecule has 0 aliphatic rings. The third-order valence-corrected chi connectivity index (χ3v) is 3.79. The Hall–Kier alpha value is -0.830. The van der Waals surface area contributed by atoms with E-state index in [0.717, 1.165) is 18.2 Å². The van der Waals surface area contributed by atoms with Crippen LogP contribution in [-0.4, -0.2) is 18.4 Å². The van der Waals surface area contributed by atoms with Crippen LogP contribution in [0.5, 0.6) is 0 Å². The van der Waals surface area contributed by atoms with Crippen molar-refractivity contribution in [1.29, 1.82) is 0 Å². The summed E-state index contributed by atoms with van der Waals surface area (Å²) >= 11 is 3.54. The highest BCUT2D eigenvalue weighted by Gasteiger charge is 2.16. The van der Waals surface area contributed by atoms with E-state index >= 15 is 0 Å². The van der Waals surface area contributed by atoms with Gasteiger partial charge in [0, 0.05) is 5.33 Å². The number of carbonyl (C=O) groups excluding carboxylic acids is 1. The number of hydrogen-bond donors (Lipinski definition) is 0. The van der Waals surface area contributed by atoms with Crippen molar-refractivity contribution in [3.63, 3.8) is 0 Å². The maximum Gasteiger partial charge on any atom is 0.308 e. The summed E-state index contributed by atoms with van der Waals surface area (Å²) in [6.07, 6.45) is 1.85. The van der Waals surface area contributed by atoms with Crippen molar-refractivity contribution in [2.75, 3.05) is 12.4 Å². The molecule has 0 saturated heterocycles. The van der Waals surface area contributed by atoms with E-state index in [1.807, 2.05) is 13.0 Å². The Balaban J connectivity index is 2.51. The molecule has 1 aromatic carbocycles. The smallest absolute Gasteiger partial charge is 0.308 e. The summed E-state index contributed by atoms with van der Waals surface area (Å²) < 4.78 is 4.73. The molecule has 0 N–H and O–H groups in total. The lowest BCUT2D eigenvalue weighted by atomic mass is 9.92. The molecule has 1 aromatic rings. The predicted octanol–water partition coefficient (Wildman–Crippen LogP) is 3.75. The van der Waals surface area contributed by atoms with Gasteiger partial charge in [0.15, 0.2) is 0 Å². The summed E-state index contributed by atoms with van der Waals surface area (Å²) in [5.41, 5.74) is 1.32. The molecule has 0 aliphatic heterocycles. The van der Waals surface area contributed by atoms with Gasteiger partial charge in [-0.2, -0.15) is 0 Å². The van der Waals surface area contributed by atoms with Crippen molar-refractivity contribution < 1.29 is 9.53 Å². The number of carbonyl (C=O) groups is 1. The summed E-state index contributed by atoms with van der Waals surface area (Å²) in [6.45, 7) is 1.92. The number of hydrogen-bond acceptors (Lipinski definition) is 2. The first-order valence-corrected chi connectivity index (χ1v) is 7.00. The van der Waals surface area contributed by atoms with E-state index in [4.69, 9.17) is 4.74 Å². The Morgan fingerprint density at radius 3 is 2.47 bits per heavy atom. The van der Waals surface area contributed by atoms with E-state index in [0.29, 0.717) is 5.92 Å². The van der Waals surface area contributed by atoms with Crippen LogP contribution in [0.1, 0.15) is 31.2 Å². The predicted molar refractivity (Wildman–Crippen MR) is 73.4 cm³/mol. The second-order valence-electron chi connectivity index (χ2n) is 4.26. The summed E-state index contributed by atoms with van der Waals surface area (Å²) in [5.74, 6) is 0.319. The van der Waals surface area contributed by atoms with Crippen LogP contribution in [0.2, 0.25) is 0 Å². The van der Waals surface area contributed by atoms with Crippen molar-refractivity contribution in [3.05, 3.63) is 35.9 Å². The van der Waals surface area contributed by atoms with Crippen LogP contribution in [-0.2, 0) is 9.53 Å². The van der Waals surface area contributed by atoms with Crippen LogP contribution in [0.4, 0.5) is 0 Å². The molecule has 3 heteroatoms. The van der Waals surface area contributed by atoms with Gasteiger partial charge in [-0.05, 0) is 24.3 Å². The van der Waals surface area contributed by atoms with Gasteiger partial charge in [0.1, 0.15) is 0 Å². The molecule has 0 aromatic heterocycles. The van der Waals surface area contributed by atoms with Crippen molar-refractivity contribution >= 4 is 21.9 Å². The quantitative estimate of drug-likeness (QED) is 0.590. The number of ether oxygens (including phenoxy) is 1. The van der Waals surface area contributed by atoms with E-state index in [9.17, 15) is 4.79 Å². The molecule has 2 atom stereocenters. The summed E-state index contributed by atoms with van der Waals surface area (Å²) in [7, 11) is 1.44. The van der Waals surface area contributed by atoms with Gasteiger partial charge in [0.25, 0.3) is 0 Å². The first-order chi connectivity index (χ1) is 8.19. The average molecular weight is 299 g/mol. The van der Waals surface area contributed by atoms with Crippen LogP contribution >= 0.6 is 15.9 Å². The number of alkyl halides is 1. The van der Waals surface area contributed by atoms with Gasteiger partial charge in [-0.25, -0.2) is 0 Å². The Labute approximate surface area is 111 Å². The van der Waals surface area contributed by atoms with Gasteiger partial charge in [-0.1, -0.05) is 53.2 Å². The summed E-state index contributed by atoms with van der Waals surface area (Å²) in [4.78, 5) is 11.3. The molecule has 94 valence electrons. The minimum Gasteiger partial charge on any atom is -0.469 e. The fraction of sp³-hybridized carbons (Fsp3) is 0.500. The topological polar surface area (TPSA) is 26.3 Å². The molecule has 17 heavy (non-hydrogen) atoms. The number of rotatable bonds is 6. The second-order valence-corrected chi connectivity index (χ2v) is 4.91. The molecule has 0 fully saturated rings. The standard InChI is InChI=1S/C14H19BrO2/c1-11(14(16)17-2)8-9-13(10-15)12-6-4-3-5-7-12/h3-7,11,13H,8-10H2,1-2H3. The van der Waals surface area contributed by atoms with E-state index in [1.165, 1.54) is 12.7 Å². The van der Waals surface area contributed by atoms with Gasteiger partial charge < -0.3 is 4.74 Å². The van der Waals surface area contributed by atoms with Crippen molar-refractivity contribution in [2.45, 2.75) is 25.7 Å². The summed E-state index contributed by atoms with van der Waals surface area (Å²) in [6, 6.07) is 10.4. The normalized spacial score (nSPS) is 14.1. The number of halogens is 1. The highest BCUT2D eigenvalue weighted by molar-refractivity contribution is 9.09. The maximum absolute atomic E-state index is 11.3. The Bertz CT molecular complexity index is 337. The fourth-order valence-corrected chi connectivity index (χ4v) is 2.53. The highest BCUT2D eigenvalue weighted by atomic mass is 79.9. The minimum atomic E-state index is -0.119. The lowest BCUT2D eigenvalue weighted by molar-refractivity contribution is -0.145. The third-order valence-electron chi connectivity index (χ3n) is 3.01. The zero-order chi connectivity index (χ0) is 12.7. The van der Waals surface area contributed by atoms with E-state index in [1.54, 1.807) is 0 Å². The molecule has 0 radical (unpaired) electrons. The van der Waals surface area contributed by atoms with Crippen molar-refractivity contribution in [2.24, 2.45) is 5.92 Å². The van der Waals surface area contributed by atoms with Crippen LogP contribution in [0, 0.1) is 5.92 Å². The largest absolute Gasteiger partial charge is 0.469 e. The van der Waals surface area contributed by atoms with Gasteiger partial charge in [0.05, 0.1) is 13.0 Å². The maximum atomic E-state index is 11.3. The molecule has 0 spiro atoms. The molecule has 2 nitrogen and oxygen atoms in total. The fourth-order valence-electron chi connectivity index (χ4n) is 1.83. The lowest BCUT2D eigenvalue weighted by Crippen LogP contribution is -2.14. The Kier molecular flexibility index (Phi) is 6.27. The molecular formula is C14H19BrO2. The van der Waals surface area contributed by atoms with Gasteiger partial charge >= 0.3 is 5.97 Å². The van der Waals surface area contributed by atoms with Gasteiger partial charge in [-0.15, -0.1) is 0 Å². The molecule has 0 aliphatic carbocycles. The molecule has 0 amide bonds. The zero-order valence-corrected chi connectivity index (χ0v) is 11.9. The van der Waals surface area contributed by atoms with Crippen molar-refractivity contribution in [1.82, 2.24) is 0 Å². The second kappa shape index (κ2) is 7.49. The first kappa shape index (κ1) is 14.2. The van der Waals surface area contributed by atoms with Gasteiger partial charge in [-0.3, -0.25) is 4.79 Å². The molecular weight excluding hydrogens is 280 g/mol. The molecule has 1 rings (SSSR count). The van der Waals surface area contributed by atoms with Crippen LogP contribution in [0.25, 0.3) is 0 Å². The molecule has 2 unspecified atom stereocenters. The number of methoxy groups -OCH3 is 1. The molecule has 0 bridgehead atoms. The molecule has 0 heterocycles. The van der Waals surface area contributed by atoms with Crippen LogP contribution in [0.15, 0.2) is 30.3 Å². The SMILES string of the molecule is COC(=O)C(C)CCC(CBr)c1ccccc1. The van der Waals surface area contributed by atoms with E-state index in [-0.39, 0.29) is 11.9 Å². The Morgan fingerprint density at radius 1 is 1.29 bits per heavy atom. The van der Waals surface area contributed by atoms with E-state index in [2.05, 4.69) is 40.2 Å². The molecule has 0 saturated carbocycles. The number of benzene rings is 1. The lowest BCUT2D eigenvalue weighted by Gasteiger charge is -2.16. The highest BCUT2D eigenvalue weighted by Crippen LogP contribution is 2.25. The third kappa shape index (κ3) is 4.50. The zero-order valence-electron chi connectivity index (χ0n) is 10.4. The van der Waals surface area contributed by atoms with Crippen molar-refractivity contribution in [3.8, 4) is 0 Å². The Morgan fingerprint density at radius 2 is 1.94 bits per heavy atom. The average Bonchev–Trinajstić information content (AvgIpc) is 2.39. The monoisotopic (exact) mass is 298 g/mol. The van der Waals surface area contributed by atoms with Crippen LogP contribution < -0.4 is 0 Å². The van der Waals surface area contributed by atoms with E-state index < -0.39 is 0 Å². The van der Waals surface area contributed by atoms with Crippen LogP contribution in [0.3, 0.4) is 0 Å². The minimum absolute atomic E-state index is 0.0229. The van der Waals surface area contributed by atoms with Gasteiger partial charge in [0.2, 0.25) is 0 Å². The number of esters is 1. The first-order valence-electron chi connectivity index (χ1n) is 5.87.